The molecule has 4 aliphatic rings. The van der Waals surface area contributed by atoms with Crippen molar-refractivity contribution >= 4 is 23.0 Å². The summed E-state index contributed by atoms with van der Waals surface area (Å²) < 4.78 is 5.12. The molecule has 0 amide bonds. The monoisotopic (exact) mass is 389 g/mol. The third kappa shape index (κ3) is 2.71. The molecule has 1 spiro atoms. The predicted octanol–water partition coefficient (Wildman–Crippen LogP) is 4.55. The number of hydrogen-bond donors (Lipinski definition) is 2. The normalized spacial score (nSPS) is 26.0. The maximum absolute atomic E-state index is 12.6. The van der Waals surface area contributed by atoms with Gasteiger partial charge in [0, 0.05) is 6.54 Å². The minimum Gasteiger partial charge on any atom is -0.465 e. The maximum atomic E-state index is 12.6. The van der Waals surface area contributed by atoms with E-state index in [1.54, 1.807) is 0 Å². The number of benzene rings is 1. The van der Waals surface area contributed by atoms with Crippen LogP contribution in [0.3, 0.4) is 0 Å². The minimum atomic E-state index is -0.273. The van der Waals surface area contributed by atoms with Crippen molar-refractivity contribution in [2.24, 2.45) is 0 Å². The summed E-state index contributed by atoms with van der Waals surface area (Å²) >= 11 is 0. The fourth-order valence-corrected chi connectivity index (χ4v) is 5.23. The molecule has 29 heavy (non-hydrogen) atoms. The molecule has 1 aromatic carbocycles. The number of fused-ring (bicyclic) bond motifs is 4. The van der Waals surface area contributed by atoms with E-state index in [9.17, 15) is 4.79 Å². The van der Waals surface area contributed by atoms with E-state index >= 15 is 0 Å². The fraction of sp³-hybridized carbons (Fsp3) is 0.375. The molecular formula is C24H27N3O2. The van der Waals surface area contributed by atoms with Crippen molar-refractivity contribution in [2.75, 3.05) is 29.2 Å². The maximum Gasteiger partial charge on any atom is 0.338 e. The molecule has 2 heterocycles. The van der Waals surface area contributed by atoms with Crippen molar-refractivity contribution in [3.05, 3.63) is 65.3 Å². The summed E-state index contributed by atoms with van der Waals surface area (Å²) in [5.74, 6) is -0.273. The molecule has 5 nitrogen and oxygen atoms in total. The number of nitrogens with one attached hydrogen (secondary N) is 2. The van der Waals surface area contributed by atoms with Crippen molar-refractivity contribution in [2.45, 2.75) is 44.3 Å². The molecule has 0 bridgehead atoms. The van der Waals surface area contributed by atoms with Crippen LogP contribution in [0, 0.1) is 0 Å². The number of carbonyl (C=O) groups excluding carboxylic acids is 1. The first-order valence-corrected chi connectivity index (χ1v) is 10.3. The zero-order valence-electron chi connectivity index (χ0n) is 17.0. The van der Waals surface area contributed by atoms with Crippen LogP contribution in [0.4, 0.5) is 17.1 Å². The van der Waals surface area contributed by atoms with Gasteiger partial charge in [0.25, 0.3) is 0 Å². The molecule has 5 rings (SSSR count). The highest BCUT2D eigenvalue weighted by Gasteiger charge is 2.42. The van der Waals surface area contributed by atoms with E-state index in [2.05, 4.69) is 53.3 Å². The van der Waals surface area contributed by atoms with Crippen LogP contribution in [0.25, 0.3) is 0 Å². The van der Waals surface area contributed by atoms with E-state index in [0.29, 0.717) is 12.1 Å². The third-order valence-electron chi connectivity index (χ3n) is 6.61. The number of carbonyl (C=O) groups is 1. The zero-order chi connectivity index (χ0) is 20.2. The number of allylic oxidation sites excluding steroid dienone is 4. The average Bonchev–Trinajstić information content (AvgIpc) is 3.24. The quantitative estimate of drug-likeness (QED) is 0.587. The summed E-state index contributed by atoms with van der Waals surface area (Å²) in [5.41, 5.74) is 7.67. The lowest BCUT2D eigenvalue weighted by molar-refractivity contribution is 0.0599. The number of rotatable bonds is 3. The molecule has 150 valence electrons. The van der Waals surface area contributed by atoms with Gasteiger partial charge in [-0.3, -0.25) is 0 Å². The molecule has 1 aromatic rings. The number of nitrogens with zero attached hydrogens (tertiary/aromatic N) is 1. The largest absolute Gasteiger partial charge is 0.465 e. The number of hydrogen-bond acceptors (Lipinski definition) is 5. The fourth-order valence-electron chi connectivity index (χ4n) is 5.23. The van der Waals surface area contributed by atoms with Gasteiger partial charge in [0.15, 0.2) is 0 Å². The second-order valence-corrected chi connectivity index (χ2v) is 8.38. The van der Waals surface area contributed by atoms with Crippen LogP contribution in [0.15, 0.2) is 54.2 Å². The van der Waals surface area contributed by atoms with E-state index < -0.39 is 0 Å². The first kappa shape index (κ1) is 18.1. The Hall–Kier alpha value is -2.95. The van der Waals surface area contributed by atoms with Gasteiger partial charge in [0.1, 0.15) is 0 Å². The minimum absolute atomic E-state index is 0.0839. The summed E-state index contributed by atoms with van der Waals surface area (Å²) in [6.45, 7) is 6.75. The van der Waals surface area contributed by atoms with Gasteiger partial charge < -0.3 is 20.3 Å². The molecule has 0 fully saturated rings. The molecule has 0 saturated carbocycles. The highest BCUT2D eigenvalue weighted by molar-refractivity contribution is 6.01. The van der Waals surface area contributed by atoms with Crippen molar-refractivity contribution < 1.29 is 9.53 Å². The Labute approximate surface area is 171 Å². The second-order valence-electron chi connectivity index (χ2n) is 8.38. The average molecular weight is 389 g/mol. The van der Waals surface area contributed by atoms with E-state index in [-0.39, 0.29) is 17.7 Å². The van der Waals surface area contributed by atoms with Gasteiger partial charge in [-0.15, -0.1) is 6.58 Å². The Morgan fingerprint density at radius 1 is 1.41 bits per heavy atom. The van der Waals surface area contributed by atoms with Crippen molar-refractivity contribution in [1.29, 1.82) is 0 Å². The zero-order valence-corrected chi connectivity index (χ0v) is 17.0. The van der Waals surface area contributed by atoms with E-state index in [1.165, 1.54) is 18.3 Å². The number of ether oxygens (including phenoxy) is 1. The second kappa shape index (κ2) is 6.55. The third-order valence-corrected chi connectivity index (χ3v) is 6.61. The highest BCUT2D eigenvalue weighted by Crippen LogP contribution is 2.51. The van der Waals surface area contributed by atoms with Gasteiger partial charge in [0.2, 0.25) is 0 Å². The smallest absolute Gasteiger partial charge is 0.338 e. The molecule has 5 heteroatoms. The predicted molar refractivity (Wildman–Crippen MR) is 118 cm³/mol. The van der Waals surface area contributed by atoms with Crippen LogP contribution in [-0.4, -0.2) is 31.3 Å². The van der Waals surface area contributed by atoms with E-state index in [1.807, 2.05) is 12.1 Å². The van der Waals surface area contributed by atoms with Crippen molar-refractivity contribution in [3.8, 4) is 0 Å². The summed E-state index contributed by atoms with van der Waals surface area (Å²) in [6, 6.07) is 1.99. The van der Waals surface area contributed by atoms with E-state index in [0.717, 1.165) is 48.3 Å². The van der Waals surface area contributed by atoms with Crippen molar-refractivity contribution in [1.82, 2.24) is 0 Å². The van der Waals surface area contributed by atoms with Gasteiger partial charge in [-0.05, 0) is 55.4 Å². The molecule has 2 aliphatic carbocycles. The lowest BCUT2D eigenvalue weighted by atomic mass is 9.82. The Bertz CT molecular complexity index is 1000. The molecule has 2 aliphatic heterocycles. The number of anilines is 3. The lowest BCUT2D eigenvalue weighted by Crippen LogP contribution is -2.39. The number of esters is 1. The summed E-state index contributed by atoms with van der Waals surface area (Å²) in [7, 11) is 1.45. The van der Waals surface area contributed by atoms with Gasteiger partial charge in [-0.25, -0.2) is 4.79 Å². The molecule has 0 aromatic heterocycles. The van der Waals surface area contributed by atoms with Crippen LogP contribution >= 0.6 is 0 Å². The summed E-state index contributed by atoms with van der Waals surface area (Å²) in [4.78, 5) is 14.8. The van der Waals surface area contributed by atoms with E-state index in [4.69, 9.17) is 4.74 Å². The Morgan fingerprint density at radius 2 is 2.28 bits per heavy atom. The van der Waals surface area contributed by atoms with Crippen LogP contribution < -0.4 is 15.5 Å². The van der Waals surface area contributed by atoms with Crippen LogP contribution in [0.1, 0.15) is 42.1 Å². The Morgan fingerprint density at radius 3 is 3.03 bits per heavy atom. The van der Waals surface area contributed by atoms with Crippen LogP contribution in [-0.2, 0) is 11.2 Å². The van der Waals surface area contributed by atoms with Crippen LogP contribution in [0.5, 0.6) is 0 Å². The summed E-state index contributed by atoms with van der Waals surface area (Å²) in [6.07, 6.45) is 14.9. The van der Waals surface area contributed by atoms with Crippen LogP contribution in [0.2, 0.25) is 0 Å². The topological polar surface area (TPSA) is 53.6 Å². The SMILES string of the molecule is C=CCN1c2cc(C(=O)OC)c3c(c2NC1C)NC1(C=C2CC=CC=C2C1)CC3. The molecule has 0 radical (unpaired) electrons. The molecule has 2 N–H and O–H groups in total. The lowest BCUT2D eigenvalue weighted by Gasteiger charge is -2.37. The van der Waals surface area contributed by atoms with Gasteiger partial charge in [0.05, 0.1) is 41.4 Å². The molecule has 0 saturated heterocycles. The molecular weight excluding hydrogens is 362 g/mol. The Kier molecular flexibility index (Phi) is 4.09. The highest BCUT2D eigenvalue weighted by atomic mass is 16.5. The van der Waals surface area contributed by atoms with Gasteiger partial charge in [-0.1, -0.05) is 30.4 Å². The van der Waals surface area contributed by atoms with Gasteiger partial charge >= 0.3 is 5.97 Å². The molecule has 2 atom stereocenters. The molecule has 2 unspecified atom stereocenters. The Balaban J connectivity index is 1.62. The van der Waals surface area contributed by atoms with Gasteiger partial charge in [-0.2, -0.15) is 0 Å². The first-order chi connectivity index (χ1) is 14.0. The standard InChI is InChI=1S/C24H27N3O2/c1-4-11-27-15(2)25-22-20(27)12-19(23(28)29-3)18-9-10-24(26-21(18)22)13-16-7-5-6-8-17(16)14-24/h4-7,12,14-15,25-26H,1,8-11,13H2,2-3H3. The summed E-state index contributed by atoms with van der Waals surface area (Å²) in [5, 5.41) is 7.49. The van der Waals surface area contributed by atoms with Crippen molar-refractivity contribution in [3.63, 3.8) is 0 Å². The number of methoxy groups -OCH3 is 1. The first-order valence-electron chi connectivity index (χ1n) is 10.3.